The Kier molecular flexibility index (Phi) is 3.33. The van der Waals surface area contributed by atoms with Gasteiger partial charge in [0.2, 0.25) is 0 Å². The number of hydrogen-bond acceptors (Lipinski definition) is 4. The van der Waals surface area contributed by atoms with Gasteiger partial charge in [0.1, 0.15) is 5.56 Å². The number of hydrogen-bond donors (Lipinski definition) is 2. The SMILES string of the molecule is NC1CC2CCCC(C1)C2NC(=O)c1cnn2cccnc12. The number of fused-ring (bicyclic) bond motifs is 3. The van der Waals surface area contributed by atoms with Crippen LogP contribution in [0.2, 0.25) is 0 Å². The molecule has 0 aromatic carbocycles. The zero-order chi connectivity index (χ0) is 15.1. The summed E-state index contributed by atoms with van der Waals surface area (Å²) in [5, 5.41) is 7.44. The van der Waals surface area contributed by atoms with Crippen molar-refractivity contribution in [3.8, 4) is 0 Å². The molecule has 0 aliphatic heterocycles. The van der Waals surface area contributed by atoms with Crippen molar-refractivity contribution in [1.82, 2.24) is 19.9 Å². The minimum absolute atomic E-state index is 0.0638. The van der Waals surface area contributed by atoms with Crippen molar-refractivity contribution in [2.45, 2.75) is 44.2 Å². The van der Waals surface area contributed by atoms with Crippen LogP contribution in [0.1, 0.15) is 42.5 Å². The van der Waals surface area contributed by atoms with E-state index >= 15 is 0 Å². The van der Waals surface area contributed by atoms with Gasteiger partial charge >= 0.3 is 0 Å². The van der Waals surface area contributed by atoms with E-state index in [4.69, 9.17) is 5.73 Å². The Bertz CT molecular complexity index is 683. The first-order chi connectivity index (χ1) is 10.7. The van der Waals surface area contributed by atoms with E-state index in [1.807, 2.05) is 0 Å². The largest absolute Gasteiger partial charge is 0.349 e. The Morgan fingerprint density at radius 3 is 2.86 bits per heavy atom. The lowest BCUT2D eigenvalue weighted by molar-refractivity contribution is 0.0757. The third-order valence-corrected chi connectivity index (χ3v) is 5.20. The second-order valence-corrected chi connectivity index (χ2v) is 6.63. The number of rotatable bonds is 2. The molecule has 2 aliphatic rings. The van der Waals surface area contributed by atoms with Crippen molar-refractivity contribution in [3.05, 3.63) is 30.2 Å². The highest BCUT2D eigenvalue weighted by atomic mass is 16.1. The van der Waals surface area contributed by atoms with E-state index in [2.05, 4.69) is 15.4 Å². The maximum Gasteiger partial charge on any atom is 0.257 e. The smallest absolute Gasteiger partial charge is 0.257 e. The summed E-state index contributed by atoms with van der Waals surface area (Å²) in [6.07, 6.45) is 10.7. The van der Waals surface area contributed by atoms with Crippen LogP contribution in [0, 0.1) is 11.8 Å². The third kappa shape index (κ3) is 2.27. The Balaban J connectivity index is 1.57. The zero-order valence-corrected chi connectivity index (χ0v) is 12.5. The van der Waals surface area contributed by atoms with Crippen LogP contribution in [-0.4, -0.2) is 32.6 Å². The number of carbonyl (C=O) groups is 1. The third-order valence-electron chi connectivity index (χ3n) is 5.20. The number of nitrogens with zero attached hydrogens (tertiary/aromatic N) is 3. The van der Waals surface area contributed by atoms with Gasteiger partial charge in [-0.2, -0.15) is 5.10 Å². The van der Waals surface area contributed by atoms with E-state index < -0.39 is 0 Å². The van der Waals surface area contributed by atoms with Crippen LogP contribution in [0.15, 0.2) is 24.7 Å². The van der Waals surface area contributed by atoms with E-state index in [-0.39, 0.29) is 11.9 Å². The summed E-state index contributed by atoms with van der Waals surface area (Å²) in [7, 11) is 0. The summed E-state index contributed by atoms with van der Waals surface area (Å²) in [6, 6.07) is 2.34. The first-order valence-electron chi connectivity index (χ1n) is 8.07. The molecule has 6 heteroatoms. The molecule has 22 heavy (non-hydrogen) atoms. The summed E-state index contributed by atoms with van der Waals surface area (Å²) in [6.45, 7) is 0. The van der Waals surface area contributed by atoms with Crippen molar-refractivity contribution < 1.29 is 4.79 Å². The van der Waals surface area contributed by atoms with Crippen LogP contribution in [0.4, 0.5) is 0 Å². The van der Waals surface area contributed by atoms with Gasteiger partial charge in [-0.15, -0.1) is 0 Å². The molecule has 2 unspecified atom stereocenters. The van der Waals surface area contributed by atoms with Crippen LogP contribution in [0.5, 0.6) is 0 Å². The van der Waals surface area contributed by atoms with E-state index in [1.165, 1.54) is 19.3 Å². The lowest BCUT2D eigenvalue weighted by atomic mass is 9.67. The first kappa shape index (κ1) is 13.7. The predicted octanol–water partition coefficient (Wildman–Crippen LogP) is 1.37. The standard InChI is InChI=1S/C16H21N5O/c17-12-7-10-3-1-4-11(8-12)14(10)20-16(22)13-9-19-21-6-2-5-18-15(13)21/h2,5-6,9-12,14H,1,3-4,7-8,17H2,(H,20,22). The molecule has 2 atom stereocenters. The second kappa shape index (κ2) is 5.35. The van der Waals surface area contributed by atoms with Crippen LogP contribution < -0.4 is 11.1 Å². The molecule has 1 amide bonds. The minimum Gasteiger partial charge on any atom is -0.349 e. The van der Waals surface area contributed by atoms with E-state index in [9.17, 15) is 4.79 Å². The van der Waals surface area contributed by atoms with E-state index in [0.29, 0.717) is 29.1 Å². The van der Waals surface area contributed by atoms with Crippen molar-refractivity contribution >= 4 is 11.6 Å². The van der Waals surface area contributed by atoms with Gasteiger partial charge in [0, 0.05) is 24.5 Å². The molecule has 0 saturated heterocycles. The van der Waals surface area contributed by atoms with Crippen LogP contribution in [-0.2, 0) is 0 Å². The summed E-state index contributed by atoms with van der Waals surface area (Å²) in [4.78, 5) is 16.9. The number of aromatic nitrogens is 3. The summed E-state index contributed by atoms with van der Waals surface area (Å²) < 4.78 is 1.63. The molecular weight excluding hydrogens is 278 g/mol. The molecule has 2 aliphatic carbocycles. The molecule has 3 N–H and O–H groups in total. The van der Waals surface area contributed by atoms with Crippen molar-refractivity contribution in [1.29, 1.82) is 0 Å². The molecule has 2 aromatic heterocycles. The molecule has 4 rings (SSSR count). The Morgan fingerprint density at radius 2 is 2.09 bits per heavy atom. The normalized spacial score (nSPS) is 31.1. The average Bonchev–Trinajstić information content (AvgIpc) is 2.92. The molecule has 2 heterocycles. The molecule has 6 nitrogen and oxygen atoms in total. The molecule has 0 radical (unpaired) electrons. The fourth-order valence-electron chi connectivity index (χ4n) is 4.24. The van der Waals surface area contributed by atoms with E-state index in [1.54, 1.807) is 29.2 Å². The van der Waals surface area contributed by atoms with Gasteiger partial charge in [-0.1, -0.05) is 6.42 Å². The lowest BCUT2D eigenvalue weighted by Gasteiger charge is -2.45. The average molecular weight is 299 g/mol. The van der Waals surface area contributed by atoms with Crippen molar-refractivity contribution in [2.75, 3.05) is 0 Å². The number of nitrogens with two attached hydrogens (primary N) is 1. The van der Waals surface area contributed by atoms with Crippen molar-refractivity contribution in [3.63, 3.8) is 0 Å². The van der Waals surface area contributed by atoms with Gasteiger partial charge in [-0.3, -0.25) is 4.79 Å². The van der Waals surface area contributed by atoms with Crippen molar-refractivity contribution in [2.24, 2.45) is 17.6 Å². The molecule has 116 valence electrons. The van der Waals surface area contributed by atoms with Gasteiger partial charge in [-0.05, 0) is 43.6 Å². The number of nitrogens with one attached hydrogen (secondary N) is 1. The van der Waals surface area contributed by atoms with Crippen LogP contribution in [0.25, 0.3) is 5.65 Å². The summed E-state index contributed by atoms with van der Waals surface area (Å²) >= 11 is 0. The van der Waals surface area contributed by atoms with E-state index in [0.717, 1.165) is 12.8 Å². The Labute approximate surface area is 129 Å². The maximum atomic E-state index is 12.7. The predicted molar refractivity (Wildman–Crippen MR) is 82.3 cm³/mol. The second-order valence-electron chi connectivity index (χ2n) is 6.63. The maximum absolute atomic E-state index is 12.7. The number of amides is 1. The Morgan fingerprint density at radius 1 is 1.32 bits per heavy atom. The summed E-state index contributed by atoms with van der Waals surface area (Å²) in [5.41, 5.74) is 7.31. The van der Waals surface area contributed by atoms with Gasteiger partial charge in [0.15, 0.2) is 5.65 Å². The van der Waals surface area contributed by atoms with Gasteiger partial charge in [0.25, 0.3) is 5.91 Å². The fraction of sp³-hybridized carbons (Fsp3) is 0.562. The minimum atomic E-state index is -0.0638. The fourth-order valence-corrected chi connectivity index (χ4v) is 4.24. The quantitative estimate of drug-likeness (QED) is 0.877. The molecular formula is C16H21N5O. The highest BCUT2D eigenvalue weighted by Gasteiger charge is 2.40. The molecule has 2 bridgehead atoms. The molecule has 2 aromatic rings. The number of carbonyl (C=O) groups excluding carboxylic acids is 1. The zero-order valence-electron chi connectivity index (χ0n) is 12.5. The van der Waals surface area contributed by atoms with Gasteiger partial charge in [-0.25, -0.2) is 9.50 Å². The molecule has 0 spiro atoms. The topological polar surface area (TPSA) is 85.3 Å². The van der Waals surface area contributed by atoms with Crippen LogP contribution in [0.3, 0.4) is 0 Å². The highest BCUT2D eigenvalue weighted by molar-refractivity contribution is 5.99. The first-order valence-corrected chi connectivity index (χ1v) is 8.07. The van der Waals surface area contributed by atoms with Crippen LogP contribution >= 0.6 is 0 Å². The highest BCUT2D eigenvalue weighted by Crippen LogP contribution is 2.39. The summed E-state index contributed by atoms with van der Waals surface area (Å²) in [5.74, 6) is 0.966. The molecule has 2 saturated carbocycles. The van der Waals surface area contributed by atoms with Gasteiger partial charge < -0.3 is 11.1 Å². The Hall–Kier alpha value is -1.95. The van der Waals surface area contributed by atoms with Gasteiger partial charge in [0.05, 0.1) is 6.20 Å². The molecule has 2 fully saturated rings. The lowest BCUT2D eigenvalue weighted by Crippen LogP contribution is -2.53. The monoisotopic (exact) mass is 299 g/mol.